The zero-order valence-electron chi connectivity index (χ0n) is 11.4. The van der Waals surface area contributed by atoms with Crippen LogP contribution in [0.3, 0.4) is 0 Å². The van der Waals surface area contributed by atoms with Crippen molar-refractivity contribution >= 4 is 5.78 Å². The molecular formula is C15H19N3O. The van der Waals surface area contributed by atoms with Crippen LogP contribution in [0.15, 0.2) is 36.5 Å². The van der Waals surface area contributed by atoms with Crippen LogP contribution >= 0.6 is 0 Å². The summed E-state index contributed by atoms with van der Waals surface area (Å²) in [6, 6.07) is 9.60. The van der Waals surface area contributed by atoms with E-state index >= 15 is 0 Å². The molecule has 4 heteroatoms. The molecule has 0 aliphatic carbocycles. The van der Waals surface area contributed by atoms with Crippen LogP contribution in [-0.4, -0.2) is 20.8 Å². The Bertz CT molecular complexity index is 533. The quantitative estimate of drug-likeness (QED) is 0.746. The van der Waals surface area contributed by atoms with Gasteiger partial charge in [0.05, 0.1) is 11.9 Å². The van der Waals surface area contributed by atoms with Crippen molar-refractivity contribution in [2.45, 2.75) is 33.1 Å². The maximum absolute atomic E-state index is 12.1. The van der Waals surface area contributed by atoms with Gasteiger partial charge in [0, 0.05) is 6.42 Å². The van der Waals surface area contributed by atoms with E-state index in [2.05, 4.69) is 24.0 Å². The maximum Gasteiger partial charge on any atom is 0.185 e. The molecule has 0 fully saturated rings. The van der Waals surface area contributed by atoms with Gasteiger partial charge in [-0.15, -0.1) is 5.10 Å². The van der Waals surface area contributed by atoms with Gasteiger partial charge in [-0.2, -0.15) is 9.90 Å². The first-order valence-electron chi connectivity index (χ1n) is 6.71. The minimum Gasteiger partial charge on any atom is -0.292 e. The van der Waals surface area contributed by atoms with E-state index in [1.165, 1.54) is 4.80 Å². The average molecular weight is 257 g/mol. The fraction of sp³-hybridized carbons (Fsp3) is 0.400. The van der Waals surface area contributed by atoms with Crippen LogP contribution in [-0.2, 0) is 0 Å². The Morgan fingerprint density at radius 2 is 2.05 bits per heavy atom. The first kappa shape index (κ1) is 13.5. The van der Waals surface area contributed by atoms with Crippen LogP contribution in [0.2, 0.25) is 0 Å². The number of nitrogens with zero attached hydrogens (tertiary/aromatic N) is 3. The highest BCUT2D eigenvalue weighted by molar-refractivity contribution is 5.93. The highest BCUT2D eigenvalue weighted by atomic mass is 16.1. The lowest BCUT2D eigenvalue weighted by Gasteiger charge is -2.06. The zero-order chi connectivity index (χ0) is 13.7. The van der Waals surface area contributed by atoms with Crippen molar-refractivity contribution in [1.82, 2.24) is 15.0 Å². The third-order valence-electron chi connectivity index (χ3n) is 3.08. The summed E-state index contributed by atoms with van der Waals surface area (Å²) in [5.41, 5.74) is 1.31. The molecule has 0 amide bonds. The lowest BCUT2D eigenvalue weighted by Crippen LogP contribution is -2.07. The molecule has 0 bridgehead atoms. The Labute approximate surface area is 113 Å². The lowest BCUT2D eigenvalue weighted by molar-refractivity contribution is 0.0957. The summed E-state index contributed by atoms with van der Waals surface area (Å²) in [4.78, 5) is 13.6. The molecule has 2 aromatic rings. The van der Waals surface area contributed by atoms with Gasteiger partial charge in [-0.3, -0.25) is 4.79 Å². The van der Waals surface area contributed by atoms with Crippen LogP contribution in [0.4, 0.5) is 0 Å². The summed E-state index contributed by atoms with van der Waals surface area (Å²) in [5, 5.41) is 8.40. The Kier molecular flexibility index (Phi) is 4.44. The molecule has 19 heavy (non-hydrogen) atoms. The average Bonchev–Trinajstić information content (AvgIpc) is 2.89. The number of carbonyl (C=O) groups excluding carboxylic acids is 1. The number of para-hydroxylation sites is 1. The number of aromatic nitrogens is 3. The van der Waals surface area contributed by atoms with Gasteiger partial charge in [-0.25, -0.2) is 0 Å². The number of hydrogen-bond acceptors (Lipinski definition) is 3. The first-order chi connectivity index (χ1) is 9.20. The van der Waals surface area contributed by atoms with Gasteiger partial charge in [0.15, 0.2) is 5.78 Å². The van der Waals surface area contributed by atoms with Gasteiger partial charge < -0.3 is 0 Å². The van der Waals surface area contributed by atoms with Gasteiger partial charge >= 0.3 is 0 Å². The normalized spacial score (nSPS) is 12.3. The molecule has 0 spiro atoms. The fourth-order valence-electron chi connectivity index (χ4n) is 2.09. The van der Waals surface area contributed by atoms with Crippen molar-refractivity contribution in [2.75, 3.05) is 0 Å². The number of rotatable bonds is 6. The van der Waals surface area contributed by atoms with Crippen molar-refractivity contribution < 1.29 is 4.79 Å². The summed E-state index contributed by atoms with van der Waals surface area (Å²) in [5.74, 6) is 0.475. The molecule has 1 heterocycles. The largest absolute Gasteiger partial charge is 0.292 e. The van der Waals surface area contributed by atoms with E-state index < -0.39 is 0 Å². The summed E-state index contributed by atoms with van der Waals surface area (Å²) < 4.78 is 0. The second-order valence-corrected chi connectivity index (χ2v) is 4.88. The molecule has 100 valence electrons. The molecule has 0 aliphatic rings. The third kappa shape index (κ3) is 3.50. The number of carbonyl (C=O) groups is 1. The molecule has 1 unspecified atom stereocenters. The Balaban J connectivity index is 2.07. The number of ketones is 1. The molecule has 0 saturated heterocycles. The van der Waals surface area contributed by atoms with Crippen LogP contribution in [0.1, 0.15) is 43.6 Å². The minimum atomic E-state index is 0.0723. The van der Waals surface area contributed by atoms with E-state index in [4.69, 9.17) is 0 Å². The molecule has 0 aliphatic heterocycles. The smallest absolute Gasteiger partial charge is 0.185 e. The monoisotopic (exact) mass is 257 g/mol. The van der Waals surface area contributed by atoms with Crippen molar-refractivity contribution in [3.05, 3.63) is 42.2 Å². The number of benzene rings is 1. The predicted molar refractivity (Wildman–Crippen MR) is 74.4 cm³/mol. The summed E-state index contributed by atoms with van der Waals surface area (Å²) in [6.07, 6.45) is 4.26. The molecule has 0 radical (unpaired) electrons. The Hall–Kier alpha value is -1.97. The van der Waals surface area contributed by atoms with E-state index in [0.29, 0.717) is 18.0 Å². The van der Waals surface area contributed by atoms with Crippen molar-refractivity contribution in [2.24, 2.45) is 5.92 Å². The molecule has 1 atom stereocenters. The van der Waals surface area contributed by atoms with Gasteiger partial charge in [-0.05, 0) is 18.1 Å². The third-order valence-corrected chi connectivity index (χ3v) is 3.08. The molecule has 4 nitrogen and oxygen atoms in total. The Morgan fingerprint density at radius 3 is 2.74 bits per heavy atom. The SMILES string of the molecule is CCCC(C)CC(=O)c1cnn(-c2ccccc2)n1. The first-order valence-corrected chi connectivity index (χ1v) is 6.71. The second kappa shape index (κ2) is 6.27. The van der Waals surface area contributed by atoms with Crippen molar-refractivity contribution in [3.8, 4) is 5.69 Å². The minimum absolute atomic E-state index is 0.0723. The van der Waals surface area contributed by atoms with Crippen LogP contribution in [0.5, 0.6) is 0 Å². The summed E-state index contributed by atoms with van der Waals surface area (Å²) in [6.45, 7) is 4.23. The maximum atomic E-state index is 12.1. The number of hydrogen-bond donors (Lipinski definition) is 0. The highest BCUT2D eigenvalue weighted by Crippen LogP contribution is 2.13. The van der Waals surface area contributed by atoms with Crippen LogP contribution in [0, 0.1) is 5.92 Å². The van der Waals surface area contributed by atoms with E-state index in [-0.39, 0.29) is 5.78 Å². The molecule has 2 rings (SSSR count). The van der Waals surface area contributed by atoms with E-state index in [1.54, 1.807) is 6.20 Å². The van der Waals surface area contributed by atoms with Crippen LogP contribution in [0.25, 0.3) is 5.69 Å². The van der Waals surface area contributed by atoms with E-state index in [1.807, 2.05) is 30.3 Å². The highest BCUT2D eigenvalue weighted by Gasteiger charge is 2.14. The van der Waals surface area contributed by atoms with Crippen molar-refractivity contribution in [3.63, 3.8) is 0 Å². The predicted octanol–water partition coefficient (Wildman–Crippen LogP) is 3.28. The summed E-state index contributed by atoms with van der Waals surface area (Å²) >= 11 is 0. The van der Waals surface area contributed by atoms with Crippen LogP contribution < -0.4 is 0 Å². The van der Waals surface area contributed by atoms with E-state index in [9.17, 15) is 4.79 Å². The molecule has 1 aromatic carbocycles. The van der Waals surface area contributed by atoms with Gasteiger partial charge in [-0.1, -0.05) is 44.9 Å². The molecule has 0 saturated carbocycles. The van der Waals surface area contributed by atoms with Gasteiger partial charge in [0.25, 0.3) is 0 Å². The molecular weight excluding hydrogens is 238 g/mol. The van der Waals surface area contributed by atoms with Gasteiger partial charge in [0.2, 0.25) is 0 Å². The molecule has 1 aromatic heterocycles. The topological polar surface area (TPSA) is 47.8 Å². The molecule has 0 N–H and O–H groups in total. The second-order valence-electron chi connectivity index (χ2n) is 4.88. The number of Topliss-reactive ketones (excluding diaryl/α,β-unsaturated/α-hetero) is 1. The van der Waals surface area contributed by atoms with E-state index in [0.717, 1.165) is 18.5 Å². The fourth-order valence-corrected chi connectivity index (χ4v) is 2.09. The zero-order valence-corrected chi connectivity index (χ0v) is 11.4. The van der Waals surface area contributed by atoms with Crippen molar-refractivity contribution in [1.29, 1.82) is 0 Å². The lowest BCUT2D eigenvalue weighted by atomic mass is 9.99. The summed E-state index contributed by atoms with van der Waals surface area (Å²) in [7, 11) is 0. The Morgan fingerprint density at radius 1 is 1.32 bits per heavy atom. The standard InChI is InChI=1S/C15H19N3O/c1-3-7-12(2)10-15(19)14-11-16-18(17-14)13-8-5-4-6-9-13/h4-6,8-9,11-12H,3,7,10H2,1-2H3. The van der Waals surface area contributed by atoms with Gasteiger partial charge in [0.1, 0.15) is 5.69 Å².